The summed E-state index contributed by atoms with van der Waals surface area (Å²) in [6.45, 7) is 0. The molecule has 2 N–H and O–H groups in total. The minimum atomic E-state index is -0.881. The van der Waals surface area contributed by atoms with Crippen LogP contribution in [0.1, 0.15) is 18.0 Å². The third-order valence-electron chi connectivity index (χ3n) is 2.00. The lowest BCUT2D eigenvalue weighted by molar-refractivity contribution is -0.137. The third-order valence-corrected chi connectivity index (χ3v) is 2.00. The van der Waals surface area contributed by atoms with Gasteiger partial charge in [-0.1, -0.05) is 12.1 Å². The smallest absolute Gasteiger partial charge is 0.305 e. The van der Waals surface area contributed by atoms with Crippen LogP contribution < -0.4 is 5.32 Å². The predicted molar refractivity (Wildman–Crippen MR) is 50.5 cm³/mol. The van der Waals surface area contributed by atoms with Crippen LogP contribution in [0.4, 0.5) is 4.39 Å². The van der Waals surface area contributed by atoms with Crippen molar-refractivity contribution in [2.75, 3.05) is 7.05 Å². The topological polar surface area (TPSA) is 49.3 Å². The molecule has 0 radical (unpaired) electrons. The highest BCUT2D eigenvalue weighted by Crippen LogP contribution is 2.16. The summed E-state index contributed by atoms with van der Waals surface area (Å²) in [5.41, 5.74) is 0.774. The van der Waals surface area contributed by atoms with Crippen molar-refractivity contribution in [1.82, 2.24) is 5.32 Å². The van der Waals surface area contributed by atoms with Crippen molar-refractivity contribution in [3.05, 3.63) is 35.6 Å². The molecule has 0 spiro atoms. The molecule has 0 aliphatic rings. The molecule has 14 heavy (non-hydrogen) atoms. The predicted octanol–water partition coefficient (Wildman–Crippen LogP) is 1.56. The molecular weight excluding hydrogens is 185 g/mol. The number of carboxylic acid groups (broad SMARTS) is 1. The monoisotopic (exact) mass is 197 g/mol. The van der Waals surface area contributed by atoms with E-state index in [1.807, 2.05) is 0 Å². The maximum atomic E-state index is 12.6. The van der Waals surface area contributed by atoms with E-state index in [1.54, 1.807) is 19.2 Å². The van der Waals surface area contributed by atoms with Gasteiger partial charge in [-0.2, -0.15) is 0 Å². The zero-order valence-corrected chi connectivity index (χ0v) is 7.83. The van der Waals surface area contributed by atoms with Crippen molar-refractivity contribution in [2.45, 2.75) is 12.5 Å². The van der Waals surface area contributed by atoms with E-state index < -0.39 is 5.97 Å². The van der Waals surface area contributed by atoms with E-state index in [0.717, 1.165) is 5.56 Å². The molecule has 4 heteroatoms. The van der Waals surface area contributed by atoms with Crippen molar-refractivity contribution in [2.24, 2.45) is 0 Å². The van der Waals surface area contributed by atoms with E-state index in [-0.39, 0.29) is 18.3 Å². The van der Waals surface area contributed by atoms with Crippen LogP contribution in [0.25, 0.3) is 0 Å². The number of hydrogen-bond donors (Lipinski definition) is 2. The standard InChI is InChI=1S/C10H12FNO2/c1-12-9(6-10(13)14)7-2-4-8(11)5-3-7/h2-5,9,12H,6H2,1H3,(H,13,14). The van der Waals surface area contributed by atoms with E-state index in [0.29, 0.717) is 0 Å². The Morgan fingerprint density at radius 3 is 2.50 bits per heavy atom. The molecule has 1 aromatic rings. The van der Waals surface area contributed by atoms with Crippen LogP contribution in [0.5, 0.6) is 0 Å². The maximum absolute atomic E-state index is 12.6. The Bertz CT molecular complexity index is 310. The highest BCUT2D eigenvalue weighted by molar-refractivity contribution is 5.67. The first-order valence-electron chi connectivity index (χ1n) is 4.28. The number of nitrogens with one attached hydrogen (secondary N) is 1. The second-order valence-corrected chi connectivity index (χ2v) is 2.99. The summed E-state index contributed by atoms with van der Waals surface area (Å²) in [7, 11) is 1.68. The Kier molecular flexibility index (Phi) is 3.59. The Morgan fingerprint density at radius 1 is 1.50 bits per heavy atom. The molecule has 0 heterocycles. The van der Waals surface area contributed by atoms with Crippen molar-refractivity contribution < 1.29 is 14.3 Å². The number of carbonyl (C=O) groups is 1. The van der Waals surface area contributed by atoms with Crippen molar-refractivity contribution in [3.8, 4) is 0 Å². The lowest BCUT2D eigenvalue weighted by Crippen LogP contribution is -2.19. The molecule has 3 nitrogen and oxygen atoms in total. The van der Waals surface area contributed by atoms with Crippen LogP contribution in [0, 0.1) is 5.82 Å². The molecule has 76 valence electrons. The fraction of sp³-hybridized carbons (Fsp3) is 0.300. The molecular formula is C10H12FNO2. The van der Waals surface area contributed by atoms with Gasteiger partial charge in [-0.25, -0.2) is 4.39 Å². The molecule has 0 amide bonds. The Hall–Kier alpha value is -1.42. The summed E-state index contributed by atoms with van der Waals surface area (Å²) in [4.78, 5) is 10.5. The van der Waals surface area contributed by atoms with Gasteiger partial charge in [0.15, 0.2) is 0 Å². The largest absolute Gasteiger partial charge is 0.481 e. The van der Waals surface area contributed by atoms with E-state index in [4.69, 9.17) is 5.11 Å². The molecule has 0 aliphatic heterocycles. The Morgan fingerprint density at radius 2 is 2.07 bits per heavy atom. The summed E-state index contributed by atoms with van der Waals surface area (Å²) < 4.78 is 12.6. The molecule has 0 aliphatic carbocycles. The molecule has 0 saturated carbocycles. The van der Waals surface area contributed by atoms with Crippen LogP contribution in [0.15, 0.2) is 24.3 Å². The van der Waals surface area contributed by atoms with Crippen LogP contribution in [0.3, 0.4) is 0 Å². The minimum absolute atomic E-state index is 0.0118. The zero-order valence-electron chi connectivity index (χ0n) is 7.83. The number of benzene rings is 1. The van der Waals surface area contributed by atoms with Crippen molar-refractivity contribution in [3.63, 3.8) is 0 Å². The van der Waals surface area contributed by atoms with Gasteiger partial charge in [0.2, 0.25) is 0 Å². The Balaban J connectivity index is 2.78. The molecule has 1 unspecified atom stereocenters. The lowest BCUT2D eigenvalue weighted by Gasteiger charge is -2.13. The summed E-state index contributed by atoms with van der Waals surface area (Å²) in [5, 5.41) is 11.5. The minimum Gasteiger partial charge on any atom is -0.481 e. The van der Waals surface area contributed by atoms with E-state index in [2.05, 4.69) is 5.32 Å². The molecule has 0 bridgehead atoms. The SMILES string of the molecule is CNC(CC(=O)O)c1ccc(F)cc1. The van der Waals surface area contributed by atoms with Crippen LogP contribution in [-0.4, -0.2) is 18.1 Å². The molecule has 0 aromatic heterocycles. The van der Waals surface area contributed by atoms with Gasteiger partial charge in [-0.3, -0.25) is 4.79 Å². The lowest BCUT2D eigenvalue weighted by atomic mass is 10.0. The van der Waals surface area contributed by atoms with Crippen LogP contribution in [-0.2, 0) is 4.79 Å². The average Bonchev–Trinajstić information content (AvgIpc) is 2.15. The first-order chi connectivity index (χ1) is 6.63. The number of hydrogen-bond acceptors (Lipinski definition) is 2. The molecule has 0 saturated heterocycles. The highest BCUT2D eigenvalue weighted by atomic mass is 19.1. The van der Waals surface area contributed by atoms with Gasteiger partial charge >= 0.3 is 5.97 Å². The molecule has 0 fully saturated rings. The van der Waals surface area contributed by atoms with Crippen LogP contribution >= 0.6 is 0 Å². The summed E-state index contributed by atoms with van der Waals surface area (Å²) in [6, 6.07) is 5.54. The van der Waals surface area contributed by atoms with Gasteiger partial charge in [0.05, 0.1) is 6.42 Å². The zero-order chi connectivity index (χ0) is 10.6. The van der Waals surface area contributed by atoms with Gasteiger partial charge < -0.3 is 10.4 Å². The fourth-order valence-corrected chi connectivity index (χ4v) is 1.26. The average molecular weight is 197 g/mol. The number of aliphatic carboxylic acids is 1. The van der Waals surface area contributed by atoms with E-state index in [9.17, 15) is 9.18 Å². The quantitative estimate of drug-likeness (QED) is 0.770. The molecule has 1 rings (SSSR count). The van der Waals surface area contributed by atoms with Gasteiger partial charge in [0.25, 0.3) is 0 Å². The summed E-state index contributed by atoms with van der Waals surface area (Å²) >= 11 is 0. The van der Waals surface area contributed by atoms with Gasteiger partial charge in [-0.05, 0) is 24.7 Å². The number of halogens is 1. The van der Waals surface area contributed by atoms with Gasteiger partial charge in [-0.15, -0.1) is 0 Å². The number of rotatable bonds is 4. The summed E-state index contributed by atoms with van der Waals surface area (Å²) in [6.07, 6.45) is -0.0118. The van der Waals surface area contributed by atoms with Crippen molar-refractivity contribution in [1.29, 1.82) is 0 Å². The van der Waals surface area contributed by atoms with Gasteiger partial charge in [0, 0.05) is 6.04 Å². The van der Waals surface area contributed by atoms with Crippen molar-refractivity contribution >= 4 is 5.97 Å². The van der Waals surface area contributed by atoms with E-state index in [1.165, 1.54) is 12.1 Å². The normalized spacial score (nSPS) is 12.4. The second-order valence-electron chi connectivity index (χ2n) is 2.99. The third kappa shape index (κ3) is 2.81. The molecule has 1 atom stereocenters. The molecule has 1 aromatic carbocycles. The highest BCUT2D eigenvalue weighted by Gasteiger charge is 2.12. The van der Waals surface area contributed by atoms with E-state index >= 15 is 0 Å². The number of carboxylic acids is 1. The Labute approximate surface area is 81.6 Å². The van der Waals surface area contributed by atoms with Crippen LogP contribution in [0.2, 0.25) is 0 Å². The van der Waals surface area contributed by atoms with Gasteiger partial charge in [0.1, 0.15) is 5.82 Å². The first-order valence-corrected chi connectivity index (χ1v) is 4.28. The first kappa shape index (κ1) is 10.7. The fourth-order valence-electron chi connectivity index (χ4n) is 1.26. The maximum Gasteiger partial charge on any atom is 0.305 e. The second kappa shape index (κ2) is 4.72. The summed E-state index contributed by atoms with van der Waals surface area (Å²) in [5.74, 6) is -1.20.